The number of aromatic nitrogens is 2. The number of anilines is 1. The predicted octanol–water partition coefficient (Wildman–Crippen LogP) is 3.98. The first-order valence-corrected chi connectivity index (χ1v) is 10.3. The lowest BCUT2D eigenvalue weighted by Gasteiger charge is -2.32. The maximum Gasteiger partial charge on any atom is 0.231 e. The van der Waals surface area contributed by atoms with Crippen LogP contribution in [0.2, 0.25) is 0 Å². The highest BCUT2D eigenvalue weighted by Crippen LogP contribution is 2.32. The quantitative estimate of drug-likeness (QED) is 0.711. The average molecular weight is 393 g/mol. The lowest BCUT2D eigenvalue weighted by Crippen LogP contribution is -2.41. The zero-order valence-electron chi connectivity index (χ0n) is 17.3. The van der Waals surface area contributed by atoms with E-state index in [1.807, 2.05) is 32.0 Å². The molecule has 1 N–H and O–H groups in total. The van der Waals surface area contributed by atoms with Crippen LogP contribution in [0.4, 0.5) is 5.82 Å². The normalized spacial score (nSPS) is 16.2. The van der Waals surface area contributed by atoms with E-state index in [1.165, 1.54) is 5.56 Å². The molecule has 3 aromatic rings. The number of hydrogen-bond acceptors (Lipinski definition) is 5. The van der Waals surface area contributed by atoms with E-state index >= 15 is 0 Å². The van der Waals surface area contributed by atoms with Crippen LogP contribution >= 0.6 is 0 Å². The first-order chi connectivity index (χ1) is 14.0. The van der Waals surface area contributed by atoms with Crippen LogP contribution in [0.3, 0.4) is 0 Å². The van der Waals surface area contributed by atoms with Crippen molar-refractivity contribution in [2.75, 3.05) is 24.5 Å². The molecule has 1 aliphatic rings. The molecule has 2 aromatic heterocycles. The molecule has 1 aliphatic heterocycles. The number of nitrogens with zero attached hydrogens (tertiary/aromatic N) is 3. The lowest BCUT2D eigenvalue weighted by atomic mass is 9.95. The van der Waals surface area contributed by atoms with Gasteiger partial charge in [-0.15, -0.1) is 0 Å². The van der Waals surface area contributed by atoms with E-state index in [1.54, 1.807) is 6.33 Å². The molecule has 1 aromatic carbocycles. The molecule has 3 heterocycles. The van der Waals surface area contributed by atoms with E-state index in [4.69, 9.17) is 4.42 Å². The van der Waals surface area contributed by atoms with Gasteiger partial charge in [-0.2, -0.15) is 0 Å². The van der Waals surface area contributed by atoms with Gasteiger partial charge in [0.2, 0.25) is 11.6 Å². The van der Waals surface area contributed by atoms with Crippen LogP contribution in [-0.4, -0.2) is 35.5 Å². The van der Waals surface area contributed by atoms with Crippen LogP contribution in [0.5, 0.6) is 0 Å². The molecule has 1 saturated heterocycles. The van der Waals surface area contributed by atoms with Gasteiger partial charge in [0.25, 0.3) is 0 Å². The fraction of sp³-hybridized carbons (Fsp3) is 0.435. The number of benzene rings is 1. The zero-order chi connectivity index (χ0) is 20.4. The third-order valence-electron chi connectivity index (χ3n) is 6.06. The van der Waals surface area contributed by atoms with Crippen LogP contribution < -0.4 is 10.2 Å². The summed E-state index contributed by atoms with van der Waals surface area (Å²) >= 11 is 0. The monoisotopic (exact) mass is 392 g/mol. The SMILES string of the molecule is Cc1oc2ncnc(N3CCC(C(=O)NC[C@@H](C)c4ccccc4)CC3)c2c1C. The Hall–Kier alpha value is -2.89. The van der Waals surface area contributed by atoms with Gasteiger partial charge in [-0.1, -0.05) is 37.3 Å². The van der Waals surface area contributed by atoms with Gasteiger partial charge in [0.1, 0.15) is 17.9 Å². The molecule has 0 unspecified atom stereocenters. The number of piperidine rings is 1. The van der Waals surface area contributed by atoms with Gasteiger partial charge < -0.3 is 14.6 Å². The molecule has 1 atom stereocenters. The second kappa shape index (κ2) is 8.23. The van der Waals surface area contributed by atoms with Crippen LogP contribution in [0.15, 0.2) is 41.1 Å². The Morgan fingerprint density at radius 3 is 2.66 bits per heavy atom. The second-order valence-electron chi connectivity index (χ2n) is 7.98. The molecule has 29 heavy (non-hydrogen) atoms. The van der Waals surface area contributed by atoms with E-state index in [0.717, 1.165) is 48.5 Å². The Morgan fingerprint density at radius 1 is 1.21 bits per heavy atom. The maximum absolute atomic E-state index is 12.7. The zero-order valence-corrected chi connectivity index (χ0v) is 17.3. The van der Waals surface area contributed by atoms with Crippen molar-refractivity contribution in [1.82, 2.24) is 15.3 Å². The molecule has 1 amide bonds. The number of hydrogen-bond donors (Lipinski definition) is 1. The highest BCUT2D eigenvalue weighted by atomic mass is 16.3. The van der Waals surface area contributed by atoms with Crippen molar-refractivity contribution in [3.8, 4) is 0 Å². The van der Waals surface area contributed by atoms with Crippen molar-refractivity contribution in [2.24, 2.45) is 5.92 Å². The topological polar surface area (TPSA) is 71.3 Å². The molecule has 0 saturated carbocycles. The molecule has 152 valence electrons. The molecule has 6 heteroatoms. The summed E-state index contributed by atoms with van der Waals surface area (Å²) in [6.07, 6.45) is 3.21. The number of aryl methyl sites for hydroxylation is 2. The number of amides is 1. The van der Waals surface area contributed by atoms with Gasteiger partial charge in [-0.3, -0.25) is 4.79 Å². The smallest absolute Gasteiger partial charge is 0.231 e. The average Bonchev–Trinajstić information content (AvgIpc) is 3.06. The Morgan fingerprint density at radius 2 is 1.93 bits per heavy atom. The molecule has 0 aliphatic carbocycles. The summed E-state index contributed by atoms with van der Waals surface area (Å²) in [6, 6.07) is 10.3. The van der Waals surface area contributed by atoms with Crippen molar-refractivity contribution in [1.29, 1.82) is 0 Å². The molecule has 4 rings (SSSR count). The van der Waals surface area contributed by atoms with Gasteiger partial charge in [0.05, 0.1) is 5.39 Å². The van der Waals surface area contributed by atoms with E-state index in [9.17, 15) is 4.79 Å². The van der Waals surface area contributed by atoms with Crippen molar-refractivity contribution in [3.05, 3.63) is 53.5 Å². The maximum atomic E-state index is 12.7. The fourth-order valence-electron chi connectivity index (χ4n) is 4.05. The van der Waals surface area contributed by atoms with Crippen molar-refractivity contribution >= 4 is 22.8 Å². The fourth-order valence-corrected chi connectivity index (χ4v) is 4.05. The minimum atomic E-state index is 0.0544. The predicted molar refractivity (Wildman–Crippen MR) is 114 cm³/mol. The molecule has 0 bridgehead atoms. The van der Waals surface area contributed by atoms with Crippen LogP contribution in [0.1, 0.15) is 42.6 Å². The van der Waals surface area contributed by atoms with Crippen molar-refractivity contribution in [3.63, 3.8) is 0 Å². The Bertz CT molecular complexity index is 991. The van der Waals surface area contributed by atoms with E-state index in [-0.39, 0.29) is 11.8 Å². The first-order valence-electron chi connectivity index (χ1n) is 10.3. The van der Waals surface area contributed by atoms with Crippen LogP contribution in [-0.2, 0) is 4.79 Å². The minimum Gasteiger partial charge on any atom is -0.443 e. The van der Waals surface area contributed by atoms with Crippen LogP contribution in [0.25, 0.3) is 11.1 Å². The molecular formula is C23H28N4O2. The summed E-state index contributed by atoms with van der Waals surface area (Å²) < 4.78 is 5.74. The van der Waals surface area contributed by atoms with Crippen molar-refractivity contribution < 1.29 is 9.21 Å². The first kappa shape index (κ1) is 19.4. The number of rotatable bonds is 5. The number of carbonyl (C=O) groups excluding carboxylic acids is 1. The summed E-state index contributed by atoms with van der Waals surface area (Å²) in [4.78, 5) is 23.7. The summed E-state index contributed by atoms with van der Waals surface area (Å²) in [5.74, 6) is 2.32. The summed E-state index contributed by atoms with van der Waals surface area (Å²) in [7, 11) is 0. The summed E-state index contributed by atoms with van der Waals surface area (Å²) in [6.45, 7) is 8.43. The highest BCUT2D eigenvalue weighted by molar-refractivity contribution is 5.90. The lowest BCUT2D eigenvalue weighted by molar-refractivity contribution is -0.125. The standard InChI is InChI=1S/C23H28N4O2/c1-15(18-7-5-4-6-8-18)13-24-22(28)19-9-11-27(12-10-19)21-20-16(2)17(3)29-23(20)26-14-25-21/h4-8,14-15,19H,9-13H2,1-3H3,(H,24,28)/t15-/m1/s1. The Labute approximate surface area is 171 Å². The summed E-state index contributed by atoms with van der Waals surface area (Å²) in [5, 5.41) is 4.14. The van der Waals surface area contributed by atoms with Gasteiger partial charge in [0.15, 0.2) is 0 Å². The number of fused-ring (bicyclic) bond motifs is 1. The number of carbonyl (C=O) groups is 1. The minimum absolute atomic E-state index is 0.0544. The number of nitrogens with one attached hydrogen (secondary N) is 1. The molecule has 0 spiro atoms. The van der Waals surface area contributed by atoms with E-state index < -0.39 is 0 Å². The van der Waals surface area contributed by atoms with Crippen molar-refractivity contribution in [2.45, 2.75) is 39.5 Å². The third kappa shape index (κ3) is 3.97. The van der Waals surface area contributed by atoms with Gasteiger partial charge in [-0.25, -0.2) is 9.97 Å². The van der Waals surface area contributed by atoms with Crippen LogP contribution in [0, 0.1) is 19.8 Å². The largest absolute Gasteiger partial charge is 0.443 e. The van der Waals surface area contributed by atoms with Gasteiger partial charge in [-0.05, 0) is 38.2 Å². The van der Waals surface area contributed by atoms with E-state index in [2.05, 4.69) is 39.2 Å². The van der Waals surface area contributed by atoms with E-state index in [0.29, 0.717) is 18.2 Å². The number of furan rings is 1. The molecule has 6 nitrogen and oxygen atoms in total. The molecule has 1 fully saturated rings. The summed E-state index contributed by atoms with van der Waals surface area (Å²) in [5.41, 5.74) is 2.98. The molecular weight excluding hydrogens is 364 g/mol. The van der Waals surface area contributed by atoms with Gasteiger partial charge >= 0.3 is 0 Å². The molecule has 0 radical (unpaired) electrons. The Balaban J connectivity index is 1.35. The van der Waals surface area contributed by atoms with Gasteiger partial charge in [0, 0.05) is 31.1 Å². The third-order valence-corrected chi connectivity index (χ3v) is 6.06. The Kier molecular flexibility index (Phi) is 5.51. The second-order valence-corrected chi connectivity index (χ2v) is 7.98. The highest BCUT2D eigenvalue weighted by Gasteiger charge is 2.27.